The smallest absolute Gasteiger partial charge is 0.415 e. The molecule has 1 aromatic carbocycles. The fraction of sp³-hybridized carbons (Fsp3) is 0.591. The van der Waals surface area contributed by atoms with Crippen molar-refractivity contribution in [3.63, 3.8) is 0 Å². The Morgan fingerprint density at radius 2 is 1.94 bits per heavy atom. The molecule has 182 valence electrons. The molecule has 33 heavy (non-hydrogen) atoms. The minimum atomic E-state index is -4.59. The third-order valence-corrected chi connectivity index (χ3v) is 6.33. The lowest BCUT2D eigenvalue weighted by Gasteiger charge is -2.30. The molecule has 1 aliphatic heterocycles. The van der Waals surface area contributed by atoms with Crippen molar-refractivity contribution in [3.05, 3.63) is 23.9 Å². The fourth-order valence-electron chi connectivity index (χ4n) is 4.27. The second kappa shape index (κ2) is 9.30. The molecule has 8 nitrogen and oxygen atoms in total. The van der Waals surface area contributed by atoms with Gasteiger partial charge in [-0.2, -0.15) is 18.3 Å². The number of fused-ring (bicyclic) bond motifs is 1. The molecule has 11 heteroatoms. The van der Waals surface area contributed by atoms with Crippen LogP contribution in [0.15, 0.2) is 18.2 Å². The summed E-state index contributed by atoms with van der Waals surface area (Å²) in [4.78, 5) is 2.10. The molecule has 1 fully saturated rings. The molecular formula is C22H31F3N6O2. The lowest BCUT2D eigenvalue weighted by molar-refractivity contribution is -0.202. The van der Waals surface area contributed by atoms with Crippen LogP contribution >= 0.6 is 0 Å². The number of nitrogens with zero attached hydrogens (tertiary/aromatic N) is 3. The maximum atomic E-state index is 12.5. The number of benzene rings is 1. The molecule has 0 radical (unpaired) electrons. The second-order valence-electron chi connectivity index (χ2n) is 8.87. The Morgan fingerprint density at radius 3 is 2.58 bits per heavy atom. The molecule has 1 atom stereocenters. The SMILES string of the molecule is Cc1cc(Nc2cc(OC3CCC(NC[C@@H](O)C(F)(F)F)CC3)cc3c2NCN3C)nn1C. The van der Waals surface area contributed by atoms with Crippen LogP contribution in [0.5, 0.6) is 5.75 Å². The van der Waals surface area contributed by atoms with Crippen LogP contribution in [0, 0.1) is 6.92 Å². The van der Waals surface area contributed by atoms with Gasteiger partial charge in [0.15, 0.2) is 11.9 Å². The standard InChI is InChI=1S/C22H31F3N6O2/c1-13-8-20(29-31(13)3)28-17-9-16(10-18-21(17)27-12-30(18)2)33-15-6-4-14(5-7-15)26-11-19(32)22(23,24)25/h8-10,14-15,19,26-27,32H,4-7,11-12H2,1-3H3,(H,28,29)/t14?,15?,19-/m1/s1. The van der Waals surface area contributed by atoms with Gasteiger partial charge in [-0.05, 0) is 32.6 Å². The molecule has 4 N–H and O–H groups in total. The number of anilines is 4. The summed E-state index contributed by atoms with van der Waals surface area (Å²) >= 11 is 0. The van der Waals surface area contributed by atoms with Gasteiger partial charge in [-0.3, -0.25) is 4.68 Å². The highest BCUT2D eigenvalue weighted by Crippen LogP contribution is 2.42. The molecule has 2 aromatic rings. The van der Waals surface area contributed by atoms with Gasteiger partial charge >= 0.3 is 6.18 Å². The number of aliphatic hydroxyl groups excluding tert-OH is 1. The molecule has 0 unspecified atom stereocenters. The first-order valence-electron chi connectivity index (χ1n) is 11.2. The van der Waals surface area contributed by atoms with Crippen LogP contribution in [-0.2, 0) is 7.05 Å². The number of halogens is 3. The van der Waals surface area contributed by atoms with Gasteiger partial charge in [0, 0.05) is 50.6 Å². The predicted molar refractivity (Wildman–Crippen MR) is 121 cm³/mol. The number of rotatable bonds is 7. The van der Waals surface area contributed by atoms with Gasteiger partial charge in [-0.15, -0.1) is 0 Å². The van der Waals surface area contributed by atoms with Crippen LogP contribution in [-0.4, -0.2) is 59.6 Å². The topological polar surface area (TPSA) is 86.6 Å². The van der Waals surface area contributed by atoms with E-state index in [1.165, 1.54) is 0 Å². The van der Waals surface area contributed by atoms with Gasteiger partial charge in [-0.1, -0.05) is 0 Å². The van der Waals surface area contributed by atoms with Gasteiger partial charge in [-0.25, -0.2) is 0 Å². The van der Waals surface area contributed by atoms with E-state index in [-0.39, 0.29) is 12.1 Å². The first kappa shape index (κ1) is 23.5. The lowest BCUT2D eigenvalue weighted by atomic mass is 9.92. The highest BCUT2D eigenvalue weighted by Gasteiger charge is 2.38. The van der Waals surface area contributed by atoms with E-state index < -0.39 is 18.8 Å². The predicted octanol–water partition coefficient (Wildman–Crippen LogP) is 3.49. The number of aliphatic hydroxyl groups is 1. The first-order chi connectivity index (χ1) is 15.6. The van der Waals surface area contributed by atoms with Crippen LogP contribution in [0.2, 0.25) is 0 Å². The van der Waals surface area contributed by atoms with Crippen molar-refractivity contribution in [2.24, 2.45) is 7.05 Å². The largest absolute Gasteiger partial charge is 0.490 e. The molecular weight excluding hydrogens is 437 g/mol. The van der Waals surface area contributed by atoms with Gasteiger partial charge < -0.3 is 30.7 Å². The summed E-state index contributed by atoms with van der Waals surface area (Å²) in [6.07, 6.45) is -4.10. The summed E-state index contributed by atoms with van der Waals surface area (Å²) in [6, 6.07) is 5.89. The van der Waals surface area contributed by atoms with E-state index >= 15 is 0 Å². The fourth-order valence-corrected chi connectivity index (χ4v) is 4.27. The third-order valence-electron chi connectivity index (χ3n) is 6.33. The van der Waals surface area contributed by atoms with E-state index in [0.717, 1.165) is 47.2 Å². The van der Waals surface area contributed by atoms with Gasteiger partial charge in [0.2, 0.25) is 0 Å². The van der Waals surface area contributed by atoms with Crippen molar-refractivity contribution in [2.45, 2.75) is 57.0 Å². The highest BCUT2D eigenvalue weighted by molar-refractivity contribution is 5.89. The van der Waals surface area contributed by atoms with Crippen molar-refractivity contribution >= 4 is 22.9 Å². The highest BCUT2D eigenvalue weighted by atomic mass is 19.4. The molecule has 0 saturated heterocycles. The Kier molecular flexibility index (Phi) is 6.62. The van der Waals surface area contributed by atoms with Crippen molar-refractivity contribution in [3.8, 4) is 5.75 Å². The normalized spacial score (nSPS) is 21.5. The molecule has 1 saturated carbocycles. The van der Waals surface area contributed by atoms with Crippen molar-refractivity contribution in [1.29, 1.82) is 0 Å². The minimum absolute atomic E-state index is 0.0155. The van der Waals surface area contributed by atoms with Gasteiger partial charge in [0.1, 0.15) is 5.75 Å². The monoisotopic (exact) mass is 468 g/mol. The average molecular weight is 469 g/mol. The Morgan fingerprint density at radius 1 is 1.21 bits per heavy atom. The average Bonchev–Trinajstić information content (AvgIpc) is 3.28. The number of hydrogen-bond donors (Lipinski definition) is 4. The lowest BCUT2D eigenvalue weighted by Crippen LogP contribution is -2.44. The van der Waals surface area contributed by atoms with Crippen LogP contribution < -0.4 is 25.6 Å². The van der Waals surface area contributed by atoms with Crippen molar-refractivity contribution in [2.75, 3.05) is 35.8 Å². The number of hydrogen-bond acceptors (Lipinski definition) is 7. The molecule has 2 aliphatic rings. The Bertz CT molecular complexity index is 952. The summed E-state index contributed by atoms with van der Waals surface area (Å²) in [5.74, 6) is 1.49. The molecule has 4 rings (SSSR count). The zero-order valence-electron chi connectivity index (χ0n) is 19.0. The number of ether oxygens (including phenoxy) is 1. The minimum Gasteiger partial charge on any atom is -0.490 e. The number of aromatic nitrogens is 2. The van der Waals surface area contributed by atoms with Crippen LogP contribution in [0.4, 0.5) is 36.1 Å². The maximum Gasteiger partial charge on any atom is 0.415 e. The molecule has 0 bridgehead atoms. The van der Waals surface area contributed by atoms with E-state index in [2.05, 4.69) is 25.9 Å². The molecule has 0 spiro atoms. The molecule has 0 amide bonds. The summed E-state index contributed by atoms with van der Waals surface area (Å²) < 4.78 is 45.6. The molecule has 1 aromatic heterocycles. The van der Waals surface area contributed by atoms with Crippen LogP contribution in [0.1, 0.15) is 31.4 Å². The Labute approximate surface area is 191 Å². The Balaban J connectivity index is 1.39. The van der Waals surface area contributed by atoms with E-state index in [0.29, 0.717) is 19.5 Å². The third kappa shape index (κ3) is 5.47. The summed E-state index contributed by atoms with van der Waals surface area (Å²) in [5, 5.41) is 23.3. The number of alkyl halides is 3. The van der Waals surface area contributed by atoms with E-state index in [4.69, 9.17) is 4.74 Å². The number of aryl methyl sites for hydroxylation is 2. The summed E-state index contributed by atoms with van der Waals surface area (Å²) in [6.45, 7) is 2.20. The zero-order valence-corrected chi connectivity index (χ0v) is 19.0. The Hall–Kier alpha value is -2.66. The zero-order chi connectivity index (χ0) is 23.8. The molecule has 2 heterocycles. The van der Waals surface area contributed by atoms with Gasteiger partial charge in [0.25, 0.3) is 0 Å². The van der Waals surface area contributed by atoms with E-state index in [9.17, 15) is 18.3 Å². The first-order valence-corrected chi connectivity index (χ1v) is 11.2. The summed E-state index contributed by atoms with van der Waals surface area (Å²) in [7, 11) is 3.90. The van der Waals surface area contributed by atoms with Crippen molar-refractivity contribution < 1.29 is 23.0 Å². The van der Waals surface area contributed by atoms with Crippen LogP contribution in [0.3, 0.4) is 0 Å². The van der Waals surface area contributed by atoms with E-state index in [1.807, 2.05) is 43.9 Å². The quantitative estimate of drug-likeness (QED) is 0.495. The maximum absolute atomic E-state index is 12.5. The molecule has 1 aliphatic carbocycles. The van der Waals surface area contributed by atoms with E-state index in [1.54, 1.807) is 0 Å². The second-order valence-corrected chi connectivity index (χ2v) is 8.87. The van der Waals surface area contributed by atoms with Gasteiger partial charge in [0.05, 0.1) is 29.8 Å². The summed E-state index contributed by atoms with van der Waals surface area (Å²) in [5.41, 5.74) is 3.93. The number of nitrogens with one attached hydrogen (secondary N) is 3. The van der Waals surface area contributed by atoms with Crippen LogP contribution in [0.25, 0.3) is 0 Å². The van der Waals surface area contributed by atoms with Crippen molar-refractivity contribution in [1.82, 2.24) is 15.1 Å².